The molecule has 0 atom stereocenters. The van der Waals surface area contributed by atoms with Gasteiger partial charge in [0.1, 0.15) is 5.82 Å². The molecule has 7 nitrogen and oxygen atoms in total. The van der Waals surface area contributed by atoms with Crippen LogP contribution >= 0.6 is 11.6 Å². The van der Waals surface area contributed by atoms with Crippen LogP contribution in [0.1, 0.15) is 11.3 Å². The van der Waals surface area contributed by atoms with Gasteiger partial charge in [-0.15, -0.1) is 0 Å². The summed E-state index contributed by atoms with van der Waals surface area (Å²) in [5.41, 5.74) is 2.42. The minimum absolute atomic E-state index is 0.00117. The summed E-state index contributed by atoms with van der Waals surface area (Å²) in [7, 11) is 0. The molecule has 2 aromatic heterocycles. The molecule has 0 saturated heterocycles. The predicted octanol–water partition coefficient (Wildman–Crippen LogP) is 4.28. The lowest BCUT2D eigenvalue weighted by Gasteiger charge is -2.09. The van der Waals surface area contributed by atoms with E-state index in [1.807, 2.05) is 24.3 Å². The van der Waals surface area contributed by atoms with Gasteiger partial charge < -0.3 is 10.4 Å². The van der Waals surface area contributed by atoms with Crippen molar-refractivity contribution in [1.82, 2.24) is 15.0 Å². The maximum atomic E-state index is 13.8. The van der Waals surface area contributed by atoms with Crippen molar-refractivity contribution < 1.29 is 14.3 Å². The number of nitrogens with one attached hydrogen (secondary N) is 2. The fourth-order valence-electron chi connectivity index (χ4n) is 2.44. The Labute approximate surface area is 159 Å². The molecule has 0 aliphatic rings. The largest absolute Gasteiger partial charge is 0.465 e. The van der Waals surface area contributed by atoms with Crippen molar-refractivity contribution in [3.8, 4) is 0 Å². The molecule has 2 heterocycles. The summed E-state index contributed by atoms with van der Waals surface area (Å²) in [6.07, 6.45) is 1.14. The van der Waals surface area contributed by atoms with Crippen LogP contribution in [0, 0.1) is 5.82 Å². The number of carbonyl (C=O) groups is 1. The van der Waals surface area contributed by atoms with Crippen LogP contribution in [0.2, 0.25) is 5.28 Å². The lowest BCUT2D eigenvalue weighted by atomic mass is 10.1. The zero-order valence-corrected chi connectivity index (χ0v) is 14.7. The smallest absolute Gasteiger partial charge is 0.410 e. The second-order valence-corrected chi connectivity index (χ2v) is 5.94. The molecular weight excluding hydrogens is 373 g/mol. The number of carboxylic acid groups (broad SMARTS) is 1. The molecular formula is C18H15ClFN5O2. The lowest BCUT2D eigenvalue weighted by Crippen LogP contribution is -2.09. The third-order valence-electron chi connectivity index (χ3n) is 3.62. The van der Waals surface area contributed by atoms with Crippen LogP contribution in [0.5, 0.6) is 0 Å². The summed E-state index contributed by atoms with van der Waals surface area (Å²) in [4.78, 5) is 22.3. The average Bonchev–Trinajstić information content (AvgIpc) is 2.63. The Hall–Kier alpha value is -3.26. The second kappa shape index (κ2) is 8.41. The summed E-state index contributed by atoms with van der Waals surface area (Å²) in [6, 6.07) is 12.6. The third-order valence-corrected chi connectivity index (χ3v) is 3.80. The van der Waals surface area contributed by atoms with E-state index < -0.39 is 11.9 Å². The van der Waals surface area contributed by atoms with E-state index in [4.69, 9.17) is 16.7 Å². The van der Waals surface area contributed by atoms with Crippen molar-refractivity contribution in [2.45, 2.75) is 12.8 Å². The Morgan fingerprint density at radius 2 is 1.96 bits per heavy atom. The minimum Gasteiger partial charge on any atom is -0.465 e. The van der Waals surface area contributed by atoms with Gasteiger partial charge in [-0.25, -0.2) is 19.2 Å². The molecule has 0 spiro atoms. The Bertz CT molecular complexity index is 970. The van der Waals surface area contributed by atoms with Gasteiger partial charge in [0.2, 0.25) is 5.28 Å². The maximum Gasteiger partial charge on any atom is 0.410 e. The summed E-state index contributed by atoms with van der Waals surface area (Å²) in [6.45, 7) is 0. The summed E-state index contributed by atoms with van der Waals surface area (Å²) in [5, 5.41) is 13.8. The average molecular weight is 388 g/mol. The molecule has 0 bridgehead atoms. The van der Waals surface area contributed by atoms with Gasteiger partial charge in [0, 0.05) is 11.4 Å². The number of rotatable bonds is 6. The van der Waals surface area contributed by atoms with E-state index >= 15 is 0 Å². The van der Waals surface area contributed by atoms with Crippen LogP contribution < -0.4 is 10.6 Å². The SMILES string of the molecule is O=C(O)Nc1cccc(CCc2cccc(Nc3nc(Cl)ncc3F)c2)n1. The first-order chi connectivity index (χ1) is 13.0. The molecule has 3 N–H and O–H groups in total. The number of hydrogen-bond acceptors (Lipinski definition) is 5. The molecule has 138 valence electrons. The lowest BCUT2D eigenvalue weighted by molar-refractivity contribution is 0.209. The molecule has 3 aromatic rings. The zero-order chi connectivity index (χ0) is 19.2. The Morgan fingerprint density at radius 1 is 1.15 bits per heavy atom. The quantitative estimate of drug-likeness (QED) is 0.546. The van der Waals surface area contributed by atoms with Gasteiger partial charge >= 0.3 is 6.09 Å². The molecule has 0 radical (unpaired) electrons. The standard InChI is InChI=1S/C18H15ClFN5O2/c19-17-21-10-14(20)16(25-17)23-13-5-1-3-11(9-13)7-8-12-4-2-6-15(22-12)24-18(26)27/h1-6,9-10H,7-8H2,(H,22,24)(H,26,27)(H,21,23,25). The van der Waals surface area contributed by atoms with Crippen LogP contribution in [-0.4, -0.2) is 26.2 Å². The number of amides is 1. The van der Waals surface area contributed by atoms with E-state index in [1.165, 1.54) is 0 Å². The van der Waals surface area contributed by atoms with Crippen molar-refractivity contribution in [3.05, 3.63) is 71.0 Å². The molecule has 0 unspecified atom stereocenters. The van der Waals surface area contributed by atoms with Gasteiger partial charge in [-0.05, 0) is 54.3 Å². The molecule has 1 aromatic carbocycles. The highest BCUT2D eigenvalue weighted by Gasteiger charge is 2.07. The molecule has 0 aliphatic heterocycles. The van der Waals surface area contributed by atoms with Crippen molar-refractivity contribution in [2.24, 2.45) is 0 Å². The number of halogens is 2. The highest BCUT2D eigenvalue weighted by Crippen LogP contribution is 2.20. The van der Waals surface area contributed by atoms with Gasteiger partial charge in [0.25, 0.3) is 0 Å². The maximum absolute atomic E-state index is 13.8. The first-order valence-corrected chi connectivity index (χ1v) is 8.37. The first-order valence-electron chi connectivity index (χ1n) is 7.99. The molecule has 0 aliphatic carbocycles. The number of aromatic nitrogens is 3. The zero-order valence-electron chi connectivity index (χ0n) is 14.0. The number of nitrogens with zero attached hydrogens (tertiary/aromatic N) is 3. The van der Waals surface area contributed by atoms with E-state index in [0.29, 0.717) is 18.5 Å². The van der Waals surface area contributed by atoms with Crippen molar-refractivity contribution in [3.63, 3.8) is 0 Å². The van der Waals surface area contributed by atoms with Gasteiger partial charge in [-0.3, -0.25) is 5.32 Å². The number of aryl methyl sites for hydroxylation is 2. The molecule has 9 heteroatoms. The van der Waals surface area contributed by atoms with Crippen molar-refractivity contribution >= 4 is 35.0 Å². The van der Waals surface area contributed by atoms with Gasteiger partial charge in [-0.2, -0.15) is 4.98 Å². The van der Waals surface area contributed by atoms with Gasteiger partial charge in [0.05, 0.1) is 6.20 Å². The normalized spacial score (nSPS) is 10.4. The summed E-state index contributed by atoms with van der Waals surface area (Å²) >= 11 is 5.70. The molecule has 27 heavy (non-hydrogen) atoms. The highest BCUT2D eigenvalue weighted by molar-refractivity contribution is 6.28. The number of hydrogen-bond donors (Lipinski definition) is 3. The Balaban J connectivity index is 1.67. The van der Waals surface area contributed by atoms with Gasteiger partial charge in [0.15, 0.2) is 11.6 Å². The van der Waals surface area contributed by atoms with E-state index in [0.717, 1.165) is 17.5 Å². The number of pyridine rings is 1. The first kappa shape index (κ1) is 18.5. The fraction of sp³-hybridized carbons (Fsp3) is 0.111. The van der Waals surface area contributed by atoms with Crippen LogP contribution in [0.25, 0.3) is 0 Å². The minimum atomic E-state index is -1.16. The number of anilines is 3. The van der Waals surface area contributed by atoms with Crippen LogP contribution in [0.4, 0.5) is 26.5 Å². The monoisotopic (exact) mass is 387 g/mol. The van der Waals surface area contributed by atoms with E-state index in [9.17, 15) is 9.18 Å². The van der Waals surface area contributed by atoms with E-state index in [2.05, 4.69) is 25.6 Å². The summed E-state index contributed by atoms with van der Waals surface area (Å²) in [5.74, 6) is -0.315. The van der Waals surface area contributed by atoms with Crippen molar-refractivity contribution in [1.29, 1.82) is 0 Å². The molecule has 1 amide bonds. The summed E-state index contributed by atoms with van der Waals surface area (Å²) < 4.78 is 13.8. The molecule has 0 saturated carbocycles. The molecule has 0 fully saturated rings. The Kier molecular flexibility index (Phi) is 5.77. The van der Waals surface area contributed by atoms with Crippen LogP contribution in [-0.2, 0) is 12.8 Å². The van der Waals surface area contributed by atoms with Crippen LogP contribution in [0.3, 0.4) is 0 Å². The van der Waals surface area contributed by atoms with Crippen molar-refractivity contribution in [2.75, 3.05) is 10.6 Å². The van der Waals surface area contributed by atoms with E-state index in [1.54, 1.807) is 18.2 Å². The van der Waals surface area contributed by atoms with E-state index in [-0.39, 0.29) is 16.9 Å². The van der Waals surface area contributed by atoms with Crippen LogP contribution in [0.15, 0.2) is 48.7 Å². The Morgan fingerprint density at radius 3 is 2.78 bits per heavy atom. The van der Waals surface area contributed by atoms with Gasteiger partial charge in [-0.1, -0.05) is 18.2 Å². The number of benzene rings is 1. The second-order valence-electron chi connectivity index (χ2n) is 5.61. The highest BCUT2D eigenvalue weighted by atomic mass is 35.5. The third kappa shape index (κ3) is 5.35. The topological polar surface area (TPSA) is 100 Å². The predicted molar refractivity (Wildman–Crippen MR) is 100 cm³/mol. The fourth-order valence-corrected chi connectivity index (χ4v) is 2.58. The molecule has 3 rings (SSSR count).